The smallest absolute Gasteiger partial charge is 0.336 e. The van der Waals surface area contributed by atoms with Gasteiger partial charge >= 0.3 is 12.0 Å². The van der Waals surface area contributed by atoms with Crippen molar-refractivity contribution in [2.45, 2.75) is 13.5 Å². The average Bonchev–Trinajstić information content (AvgIpc) is 2.91. The van der Waals surface area contributed by atoms with Crippen LogP contribution in [0, 0.1) is 6.92 Å². The summed E-state index contributed by atoms with van der Waals surface area (Å²) >= 11 is 1.56. The molecule has 0 radical (unpaired) electrons. The van der Waals surface area contributed by atoms with Crippen LogP contribution in [-0.4, -0.2) is 17.1 Å². The molecule has 0 fully saturated rings. The molecule has 104 valence electrons. The van der Waals surface area contributed by atoms with Gasteiger partial charge in [-0.3, -0.25) is 0 Å². The first-order valence-electron chi connectivity index (χ1n) is 5.98. The number of hydrogen-bond acceptors (Lipinski definition) is 3. The summed E-state index contributed by atoms with van der Waals surface area (Å²) in [6.45, 7) is 2.11. The highest BCUT2D eigenvalue weighted by Gasteiger charge is 2.11. The number of anilines is 1. The number of benzene rings is 1. The number of nitrogens with one attached hydrogen (secondary N) is 2. The number of carboxylic acid groups (broad SMARTS) is 1. The van der Waals surface area contributed by atoms with Gasteiger partial charge < -0.3 is 15.7 Å². The summed E-state index contributed by atoms with van der Waals surface area (Å²) < 4.78 is 0. The molecule has 0 spiro atoms. The van der Waals surface area contributed by atoms with Gasteiger partial charge in [-0.25, -0.2) is 9.59 Å². The zero-order chi connectivity index (χ0) is 14.5. The lowest BCUT2D eigenvalue weighted by molar-refractivity contribution is 0.0696. The average molecular weight is 290 g/mol. The molecule has 1 heterocycles. The molecule has 0 bridgehead atoms. The van der Waals surface area contributed by atoms with E-state index in [-0.39, 0.29) is 11.6 Å². The van der Waals surface area contributed by atoms with Crippen molar-refractivity contribution in [3.63, 3.8) is 0 Å². The second-order valence-corrected chi connectivity index (χ2v) is 5.20. The van der Waals surface area contributed by atoms with E-state index in [2.05, 4.69) is 10.6 Å². The van der Waals surface area contributed by atoms with Crippen LogP contribution in [0.2, 0.25) is 0 Å². The normalized spacial score (nSPS) is 10.1. The topological polar surface area (TPSA) is 78.4 Å². The molecule has 1 aromatic carbocycles. The lowest BCUT2D eigenvalue weighted by atomic mass is 10.1. The van der Waals surface area contributed by atoms with E-state index in [4.69, 9.17) is 5.11 Å². The van der Waals surface area contributed by atoms with Gasteiger partial charge in [0.05, 0.1) is 12.1 Å². The van der Waals surface area contributed by atoms with Gasteiger partial charge in [0.1, 0.15) is 0 Å². The van der Waals surface area contributed by atoms with E-state index in [0.29, 0.717) is 17.8 Å². The second kappa shape index (κ2) is 6.21. The number of carboxylic acids is 1. The van der Waals surface area contributed by atoms with Crippen molar-refractivity contribution in [2.75, 3.05) is 5.32 Å². The van der Waals surface area contributed by atoms with Gasteiger partial charge in [0.25, 0.3) is 0 Å². The van der Waals surface area contributed by atoms with Crippen molar-refractivity contribution in [1.29, 1.82) is 0 Å². The summed E-state index contributed by atoms with van der Waals surface area (Å²) in [5, 5.41) is 16.3. The molecule has 20 heavy (non-hydrogen) atoms. The number of thiophene rings is 1. The van der Waals surface area contributed by atoms with Gasteiger partial charge in [0.15, 0.2) is 0 Å². The third-order valence-corrected chi connectivity index (χ3v) is 3.69. The number of urea groups is 1. The van der Waals surface area contributed by atoms with Crippen molar-refractivity contribution in [2.24, 2.45) is 0 Å². The van der Waals surface area contributed by atoms with E-state index in [1.165, 1.54) is 6.07 Å². The minimum atomic E-state index is -1.01. The van der Waals surface area contributed by atoms with Gasteiger partial charge in [-0.2, -0.15) is 0 Å². The van der Waals surface area contributed by atoms with E-state index < -0.39 is 5.97 Å². The van der Waals surface area contributed by atoms with Crippen LogP contribution >= 0.6 is 11.3 Å². The first-order valence-corrected chi connectivity index (χ1v) is 6.86. The molecule has 0 saturated carbocycles. The largest absolute Gasteiger partial charge is 0.478 e. The number of amides is 2. The van der Waals surface area contributed by atoms with Gasteiger partial charge in [-0.05, 0) is 36.1 Å². The number of carbonyl (C=O) groups is 2. The fraction of sp³-hybridized carbons (Fsp3) is 0.143. The maximum absolute atomic E-state index is 11.8. The predicted molar refractivity (Wildman–Crippen MR) is 78.3 cm³/mol. The molecule has 2 rings (SSSR count). The van der Waals surface area contributed by atoms with Gasteiger partial charge in [-0.1, -0.05) is 12.1 Å². The minimum Gasteiger partial charge on any atom is -0.478 e. The number of aromatic carboxylic acids is 1. The first kappa shape index (κ1) is 14.1. The highest BCUT2D eigenvalue weighted by Crippen LogP contribution is 2.18. The molecule has 0 saturated heterocycles. The summed E-state index contributed by atoms with van der Waals surface area (Å²) in [7, 11) is 0. The van der Waals surface area contributed by atoms with Crippen LogP contribution in [-0.2, 0) is 6.54 Å². The van der Waals surface area contributed by atoms with Gasteiger partial charge in [0.2, 0.25) is 0 Å². The molecule has 5 nitrogen and oxygen atoms in total. The zero-order valence-corrected chi connectivity index (χ0v) is 11.7. The maximum Gasteiger partial charge on any atom is 0.336 e. The highest BCUT2D eigenvalue weighted by atomic mass is 32.1. The molecule has 0 aliphatic heterocycles. The molecule has 0 atom stereocenters. The van der Waals surface area contributed by atoms with E-state index >= 15 is 0 Å². The van der Waals surface area contributed by atoms with Crippen molar-refractivity contribution in [3.05, 3.63) is 51.7 Å². The van der Waals surface area contributed by atoms with Crippen molar-refractivity contribution >= 4 is 29.0 Å². The Hall–Kier alpha value is -2.34. The predicted octanol–water partition coefficient (Wildman–Crippen LogP) is 3.08. The Morgan fingerprint density at radius 3 is 2.70 bits per heavy atom. The van der Waals surface area contributed by atoms with E-state index in [1.54, 1.807) is 30.4 Å². The molecule has 3 N–H and O–H groups in total. The number of carbonyl (C=O) groups excluding carboxylic acids is 1. The highest BCUT2D eigenvalue weighted by molar-refractivity contribution is 7.09. The lowest BCUT2D eigenvalue weighted by Crippen LogP contribution is -2.28. The van der Waals surface area contributed by atoms with E-state index in [1.807, 2.05) is 17.5 Å². The SMILES string of the molecule is Cc1c(NC(=O)NCc2cccs2)cccc1C(=O)O. The van der Waals surface area contributed by atoms with E-state index in [9.17, 15) is 9.59 Å². The van der Waals surface area contributed by atoms with Crippen LogP contribution in [0.5, 0.6) is 0 Å². The monoisotopic (exact) mass is 290 g/mol. The molecule has 1 aromatic heterocycles. The van der Waals surface area contributed by atoms with Crippen LogP contribution in [0.1, 0.15) is 20.8 Å². The zero-order valence-electron chi connectivity index (χ0n) is 10.8. The molecular formula is C14H14N2O3S. The fourth-order valence-electron chi connectivity index (χ4n) is 1.75. The Balaban J connectivity index is 2.01. The quantitative estimate of drug-likeness (QED) is 0.809. The van der Waals surface area contributed by atoms with Crippen molar-refractivity contribution in [3.8, 4) is 0 Å². The van der Waals surface area contributed by atoms with Crippen LogP contribution < -0.4 is 10.6 Å². The third kappa shape index (κ3) is 3.36. The Kier molecular flexibility index (Phi) is 4.37. The summed E-state index contributed by atoms with van der Waals surface area (Å²) in [5.74, 6) is -1.01. The van der Waals surface area contributed by atoms with Crippen molar-refractivity contribution < 1.29 is 14.7 Å². The Morgan fingerprint density at radius 2 is 2.05 bits per heavy atom. The Bertz CT molecular complexity index is 623. The minimum absolute atomic E-state index is 0.182. The summed E-state index contributed by atoms with van der Waals surface area (Å²) in [4.78, 5) is 23.8. The summed E-state index contributed by atoms with van der Waals surface area (Å²) in [6.07, 6.45) is 0. The van der Waals surface area contributed by atoms with E-state index in [0.717, 1.165) is 4.88 Å². The molecular weight excluding hydrogens is 276 g/mol. The summed E-state index contributed by atoms with van der Waals surface area (Å²) in [6, 6.07) is 8.27. The molecule has 0 aliphatic carbocycles. The van der Waals surface area contributed by atoms with Crippen LogP contribution in [0.3, 0.4) is 0 Å². The fourth-order valence-corrected chi connectivity index (χ4v) is 2.39. The summed E-state index contributed by atoms with van der Waals surface area (Å²) in [5.41, 5.74) is 1.21. The molecule has 6 heteroatoms. The van der Waals surface area contributed by atoms with Crippen molar-refractivity contribution in [1.82, 2.24) is 5.32 Å². The Morgan fingerprint density at radius 1 is 1.25 bits per heavy atom. The third-order valence-electron chi connectivity index (χ3n) is 2.82. The molecule has 2 amide bonds. The molecule has 0 aliphatic rings. The van der Waals surface area contributed by atoms with Gasteiger partial charge in [-0.15, -0.1) is 11.3 Å². The van der Waals surface area contributed by atoms with Crippen LogP contribution in [0.15, 0.2) is 35.7 Å². The number of hydrogen-bond donors (Lipinski definition) is 3. The van der Waals surface area contributed by atoms with Gasteiger partial charge in [0, 0.05) is 10.6 Å². The molecule has 0 unspecified atom stereocenters. The first-order chi connectivity index (χ1) is 9.58. The Labute approximate surface area is 120 Å². The lowest BCUT2D eigenvalue weighted by Gasteiger charge is -2.11. The van der Waals surface area contributed by atoms with Crippen LogP contribution in [0.25, 0.3) is 0 Å². The maximum atomic E-state index is 11.8. The van der Waals surface area contributed by atoms with Crippen LogP contribution in [0.4, 0.5) is 10.5 Å². The molecule has 2 aromatic rings. The second-order valence-electron chi connectivity index (χ2n) is 4.17. The standard InChI is InChI=1S/C14H14N2O3S/c1-9-11(13(17)18)5-2-6-12(9)16-14(19)15-8-10-4-3-7-20-10/h2-7H,8H2,1H3,(H,17,18)(H2,15,16,19). The number of rotatable bonds is 4.